The summed E-state index contributed by atoms with van der Waals surface area (Å²) in [4.78, 5) is 0.329. The lowest BCUT2D eigenvalue weighted by atomic mass is 10.4. The molecule has 1 aliphatic carbocycles. The number of hydrogen-bond acceptors (Lipinski definition) is 3. The number of hydrogen-bond donors (Lipinski definition) is 0. The fourth-order valence-electron chi connectivity index (χ4n) is 2.41. The highest BCUT2D eigenvalue weighted by atomic mass is 35.5. The van der Waals surface area contributed by atoms with Gasteiger partial charge in [0.15, 0.2) is 0 Å². The van der Waals surface area contributed by atoms with Crippen LogP contribution in [0.4, 0.5) is 0 Å². The molecule has 120 valence electrons. The van der Waals surface area contributed by atoms with E-state index < -0.39 is 10.0 Å². The minimum atomic E-state index is -3.52. The smallest absolute Gasteiger partial charge is 0.244 e. The molecule has 0 unspecified atom stereocenters. The Hall–Kier alpha value is -0.560. The number of methoxy groups -OCH3 is 1. The van der Waals surface area contributed by atoms with Crippen LogP contribution in [-0.2, 0) is 20.6 Å². The molecule has 21 heavy (non-hydrogen) atoms. The molecule has 7 heteroatoms. The minimum absolute atomic E-state index is 0.117. The van der Waals surface area contributed by atoms with Crippen LogP contribution in [0, 0.1) is 0 Å². The predicted octanol–water partition coefficient (Wildman–Crippen LogP) is 2.61. The highest BCUT2D eigenvalue weighted by molar-refractivity contribution is 7.89. The molecule has 0 atom stereocenters. The van der Waals surface area contributed by atoms with E-state index in [-0.39, 0.29) is 6.04 Å². The second-order valence-electron chi connectivity index (χ2n) is 5.64. The van der Waals surface area contributed by atoms with E-state index in [1.54, 1.807) is 19.4 Å². The number of rotatable bonds is 8. The lowest BCUT2D eigenvalue weighted by Gasteiger charge is -2.25. The van der Waals surface area contributed by atoms with Crippen LogP contribution in [-0.4, -0.2) is 43.6 Å². The summed E-state index contributed by atoms with van der Waals surface area (Å²) in [6.07, 6.45) is 3.91. The second-order valence-corrected chi connectivity index (χ2v) is 7.80. The van der Waals surface area contributed by atoms with Crippen molar-refractivity contribution in [3.05, 3.63) is 18.0 Å². The zero-order valence-electron chi connectivity index (χ0n) is 12.8. The van der Waals surface area contributed by atoms with Crippen molar-refractivity contribution < 1.29 is 13.2 Å². The van der Waals surface area contributed by atoms with Crippen molar-refractivity contribution in [3.63, 3.8) is 0 Å². The summed E-state index contributed by atoms with van der Waals surface area (Å²) in [6, 6.07) is 1.99. The Labute approximate surface area is 131 Å². The van der Waals surface area contributed by atoms with E-state index >= 15 is 0 Å². The Morgan fingerprint density at radius 2 is 2.14 bits per heavy atom. The first-order valence-electron chi connectivity index (χ1n) is 7.19. The summed E-state index contributed by atoms with van der Waals surface area (Å²) in [5.41, 5.74) is 0.869. The van der Waals surface area contributed by atoms with Crippen molar-refractivity contribution in [2.45, 2.75) is 49.5 Å². The van der Waals surface area contributed by atoms with E-state index in [0.717, 1.165) is 18.5 Å². The van der Waals surface area contributed by atoms with Gasteiger partial charge in [0.1, 0.15) is 4.90 Å². The minimum Gasteiger partial charge on any atom is -0.383 e. The van der Waals surface area contributed by atoms with Crippen molar-refractivity contribution in [2.24, 2.45) is 0 Å². The van der Waals surface area contributed by atoms with Gasteiger partial charge in [0.2, 0.25) is 10.0 Å². The molecule has 0 N–H and O–H groups in total. The highest BCUT2D eigenvalue weighted by Crippen LogP contribution is 2.38. The molecular formula is C14H23ClN2O3S. The Bertz CT molecular complexity index is 579. The molecule has 1 saturated carbocycles. The number of ether oxygens (including phenoxy) is 1. The van der Waals surface area contributed by atoms with Crippen LogP contribution in [0.25, 0.3) is 0 Å². The quantitative estimate of drug-likeness (QED) is 0.687. The summed E-state index contributed by atoms with van der Waals surface area (Å²) < 4.78 is 34.1. The fourth-order valence-corrected chi connectivity index (χ4v) is 4.30. The maximum Gasteiger partial charge on any atom is 0.244 e. The Balaban J connectivity index is 2.32. The molecule has 0 amide bonds. The first-order valence-corrected chi connectivity index (χ1v) is 9.16. The summed E-state index contributed by atoms with van der Waals surface area (Å²) >= 11 is 5.94. The molecule has 2 rings (SSSR count). The van der Waals surface area contributed by atoms with Crippen molar-refractivity contribution in [1.82, 2.24) is 8.87 Å². The molecule has 5 nitrogen and oxygen atoms in total. The van der Waals surface area contributed by atoms with Crippen molar-refractivity contribution in [2.75, 3.05) is 20.3 Å². The van der Waals surface area contributed by atoms with Gasteiger partial charge < -0.3 is 9.30 Å². The van der Waals surface area contributed by atoms with Gasteiger partial charge in [-0.15, -0.1) is 11.6 Å². The molecule has 1 fully saturated rings. The normalized spacial score (nSPS) is 16.1. The van der Waals surface area contributed by atoms with Gasteiger partial charge in [-0.25, -0.2) is 8.42 Å². The fraction of sp³-hybridized carbons (Fsp3) is 0.714. The van der Waals surface area contributed by atoms with E-state index in [9.17, 15) is 8.42 Å². The molecule has 0 saturated heterocycles. The summed E-state index contributed by atoms with van der Waals surface area (Å²) in [5.74, 6) is 0.325. The third kappa shape index (κ3) is 3.62. The first kappa shape index (κ1) is 16.8. The van der Waals surface area contributed by atoms with E-state index in [2.05, 4.69) is 0 Å². The zero-order chi connectivity index (χ0) is 15.6. The van der Waals surface area contributed by atoms with Crippen LogP contribution in [0.5, 0.6) is 0 Å². The number of nitrogens with zero attached hydrogens (tertiary/aromatic N) is 2. The average Bonchev–Trinajstić information content (AvgIpc) is 3.17. The van der Waals surface area contributed by atoms with Gasteiger partial charge in [0.05, 0.1) is 12.5 Å². The van der Waals surface area contributed by atoms with Crippen LogP contribution in [0.2, 0.25) is 0 Å². The Kier molecular flexibility index (Phi) is 5.35. The third-order valence-electron chi connectivity index (χ3n) is 3.68. The molecule has 1 aromatic rings. The van der Waals surface area contributed by atoms with Gasteiger partial charge in [-0.2, -0.15) is 4.31 Å². The standard InChI is InChI=1S/C14H23ClN2O3S/c1-11(2)17(6-7-20-3)21(18,19)14-8-13(9-15)16(10-14)12-4-5-12/h8,10-12H,4-7,9H2,1-3H3. The van der Waals surface area contributed by atoms with Crippen LogP contribution < -0.4 is 0 Å². The van der Waals surface area contributed by atoms with Gasteiger partial charge in [-0.3, -0.25) is 0 Å². The molecule has 0 aliphatic heterocycles. The number of aromatic nitrogens is 1. The molecule has 1 aliphatic rings. The molecule has 0 aromatic carbocycles. The molecule has 0 radical (unpaired) electrons. The van der Waals surface area contributed by atoms with Crippen LogP contribution in [0.3, 0.4) is 0 Å². The Morgan fingerprint density at radius 3 is 2.62 bits per heavy atom. The van der Waals surface area contributed by atoms with Gasteiger partial charge in [-0.1, -0.05) is 0 Å². The largest absolute Gasteiger partial charge is 0.383 e. The first-order chi connectivity index (χ1) is 9.91. The average molecular weight is 335 g/mol. The Morgan fingerprint density at radius 1 is 1.48 bits per heavy atom. The van der Waals surface area contributed by atoms with Crippen molar-refractivity contribution >= 4 is 21.6 Å². The van der Waals surface area contributed by atoms with Gasteiger partial charge >= 0.3 is 0 Å². The van der Waals surface area contributed by atoms with E-state index in [1.807, 2.05) is 18.4 Å². The van der Waals surface area contributed by atoms with E-state index in [0.29, 0.717) is 30.0 Å². The van der Waals surface area contributed by atoms with Crippen molar-refractivity contribution in [3.8, 4) is 0 Å². The maximum absolute atomic E-state index is 12.8. The molecule has 0 bridgehead atoms. The highest BCUT2D eigenvalue weighted by Gasteiger charge is 2.31. The summed E-state index contributed by atoms with van der Waals surface area (Å²) in [7, 11) is -1.95. The van der Waals surface area contributed by atoms with Gasteiger partial charge in [0.25, 0.3) is 0 Å². The molecular weight excluding hydrogens is 312 g/mol. The lowest BCUT2D eigenvalue weighted by molar-refractivity contribution is 0.171. The number of sulfonamides is 1. The van der Waals surface area contributed by atoms with Crippen LogP contribution >= 0.6 is 11.6 Å². The number of halogens is 1. The van der Waals surface area contributed by atoms with Gasteiger partial charge in [0, 0.05) is 37.6 Å². The third-order valence-corrected chi connectivity index (χ3v) is 6.00. The maximum atomic E-state index is 12.8. The number of alkyl halides is 1. The molecule has 1 aromatic heterocycles. The second kappa shape index (κ2) is 6.69. The predicted molar refractivity (Wildman–Crippen MR) is 83.2 cm³/mol. The van der Waals surface area contributed by atoms with Crippen LogP contribution in [0.1, 0.15) is 38.4 Å². The lowest BCUT2D eigenvalue weighted by Crippen LogP contribution is -2.39. The topological polar surface area (TPSA) is 51.5 Å². The SMILES string of the molecule is COCCN(C(C)C)S(=O)(=O)c1cc(CCl)n(C2CC2)c1. The van der Waals surface area contributed by atoms with Crippen LogP contribution in [0.15, 0.2) is 17.2 Å². The van der Waals surface area contributed by atoms with E-state index in [1.165, 1.54) is 4.31 Å². The zero-order valence-corrected chi connectivity index (χ0v) is 14.3. The summed E-state index contributed by atoms with van der Waals surface area (Å²) in [5, 5.41) is 0. The molecule has 1 heterocycles. The molecule has 0 spiro atoms. The van der Waals surface area contributed by atoms with Gasteiger partial charge in [-0.05, 0) is 32.8 Å². The monoisotopic (exact) mass is 334 g/mol. The van der Waals surface area contributed by atoms with Crippen molar-refractivity contribution in [1.29, 1.82) is 0 Å². The summed E-state index contributed by atoms with van der Waals surface area (Å²) in [6.45, 7) is 4.46. The van der Waals surface area contributed by atoms with E-state index in [4.69, 9.17) is 16.3 Å².